The number of halogens is 1. The highest BCUT2D eigenvalue weighted by Crippen LogP contribution is 2.19. The fourth-order valence-corrected chi connectivity index (χ4v) is 2.92. The van der Waals surface area contributed by atoms with Crippen LogP contribution >= 0.6 is 27.7 Å². The molecule has 112 valence electrons. The van der Waals surface area contributed by atoms with Crippen molar-refractivity contribution in [1.82, 2.24) is 19.7 Å². The normalized spacial score (nSPS) is 10.8. The molecule has 0 atom stereocenters. The van der Waals surface area contributed by atoms with Gasteiger partial charge in [-0.1, -0.05) is 15.9 Å². The van der Waals surface area contributed by atoms with Crippen molar-refractivity contribution in [2.24, 2.45) is 0 Å². The second kappa shape index (κ2) is 6.93. The Morgan fingerprint density at radius 1 is 1.23 bits per heavy atom. The maximum absolute atomic E-state index is 12.0. The summed E-state index contributed by atoms with van der Waals surface area (Å²) in [5.74, 6) is 1.15. The summed E-state index contributed by atoms with van der Waals surface area (Å²) >= 11 is 5.10. The minimum Gasteiger partial charge on any atom is -0.350 e. The number of carbonyl (C=O) groups is 1. The van der Waals surface area contributed by atoms with Gasteiger partial charge in [-0.05, 0) is 30.3 Å². The molecule has 22 heavy (non-hydrogen) atoms. The first-order valence-electron chi connectivity index (χ1n) is 6.69. The molecule has 2 heterocycles. The van der Waals surface area contributed by atoms with Crippen LogP contribution in [0.15, 0.2) is 58.3 Å². The van der Waals surface area contributed by atoms with Gasteiger partial charge in [-0.2, -0.15) is 0 Å². The van der Waals surface area contributed by atoms with E-state index in [1.54, 1.807) is 40.8 Å². The summed E-state index contributed by atoms with van der Waals surface area (Å²) in [4.78, 5) is 21.5. The molecule has 2 aromatic heterocycles. The first-order chi connectivity index (χ1) is 10.7. The Bertz CT molecular complexity index is 788. The van der Waals surface area contributed by atoms with Crippen LogP contribution in [0, 0.1) is 0 Å². The van der Waals surface area contributed by atoms with Crippen LogP contribution in [0.4, 0.5) is 0 Å². The van der Waals surface area contributed by atoms with E-state index in [0.717, 1.165) is 10.2 Å². The Morgan fingerprint density at radius 3 is 2.86 bits per heavy atom. The number of nitrogens with zero attached hydrogens (tertiary/aromatic N) is 3. The van der Waals surface area contributed by atoms with Gasteiger partial charge in [0, 0.05) is 40.3 Å². The molecule has 0 spiro atoms. The fourth-order valence-electron chi connectivity index (χ4n) is 1.89. The van der Waals surface area contributed by atoms with E-state index in [2.05, 4.69) is 31.2 Å². The van der Waals surface area contributed by atoms with Gasteiger partial charge < -0.3 is 5.32 Å². The molecule has 7 heteroatoms. The van der Waals surface area contributed by atoms with Gasteiger partial charge in [0.15, 0.2) is 0 Å². The zero-order chi connectivity index (χ0) is 15.4. The molecule has 0 unspecified atom stereocenters. The summed E-state index contributed by atoms with van der Waals surface area (Å²) in [6.45, 7) is 0.584. The Hall–Kier alpha value is -1.86. The van der Waals surface area contributed by atoms with Crippen LogP contribution in [-0.2, 0) is 0 Å². The number of aromatic nitrogens is 3. The van der Waals surface area contributed by atoms with E-state index < -0.39 is 0 Å². The summed E-state index contributed by atoms with van der Waals surface area (Å²) in [5, 5.41) is 2.87. The predicted molar refractivity (Wildman–Crippen MR) is 90.2 cm³/mol. The number of hydrogen-bond acceptors (Lipinski definition) is 4. The smallest absolute Gasteiger partial charge is 0.270 e. The van der Waals surface area contributed by atoms with E-state index in [1.165, 1.54) is 4.90 Å². The minimum atomic E-state index is -0.179. The van der Waals surface area contributed by atoms with Crippen molar-refractivity contribution < 1.29 is 4.79 Å². The second-order valence-corrected chi connectivity index (χ2v) is 6.59. The van der Waals surface area contributed by atoms with Crippen molar-refractivity contribution in [2.75, 3.05) is 12.3 Å². The Morgan fingerprint density at radius 2 is 2.05 bits per heavy atom. The number of fused-ring (bicyclic) bond motifs is 1. The summed E-state index contributed by atoms with van der Waals surface area (Å²) in [5.41, 5.74) is 0.382. The lowest BCUT2D eigenvalue weighted by atomic mass is 10.4. The number of benzene rings is 1. The highest BCUT2D eigenvalue weighted by molar-refractivity contribution is 9.10. The summed E-state index contributed by atoms with van der Waals surface area (Å²) in [7, 11) is 0. The third kappa shape index (κ3) is 3.66. The quantitative estimate of drug-likeness (QED) is 0.549. The van der Waals surface area contributed by atoms with Gasteiger partial charge in [-0.15, -0.1) is 11.8 Å². The Kier molecular flexibility index (Phi) is 4.74. The zero-order valence-corrected chi connectivity index (χ0v) is 14.0. The van der Waals surface area contributed by atoms with Crippen molar-refractivity contribution in [1.29, 1.82) is 0 Å². The molecule has 0 aliphatic heterocycles. The van der Waals surface area contributed by atoms with Crippen LogP contribution in [-0.4, -0.2) is 32.6 Å². The van der Waals surface area contributed by atoms with Gasteiger partial charge in [-0.25, -0.2) is 9.97 Å². The van der Waals surface area contributed by atoms with Crippen LogP contribution in [0.25, 0.3) is 5.78 Å². The van der Waals surface area contributed by atoms with Gasteiger partial charge in [0.05, 0.1) is 0 Å². The maximum Gasteiger partial charge on any atom is 0.270 e. The minimum absolute atomic E-state index is 0.179. The molecular weight excluding hydrogens is 364 g/mol. The predicted octanol–water partition coefficient (Wildman–Crippen LogP) is 3.01. The van der Waals surface area contributed by atoms with E-state index in [-0.39, 0.29) is 5.91 Å². The van der Waals surface area contributed by atoms with Gasteiger partial charge >= 0.3 is 0 Å². The third-order valence-electron chi connectivity index (χ3n) is 2.96. The SMILES string of the molecule is O=C(NCCSc1ccc(Br)cc1)c1ccn2ccnc2n1. The van der Waals surface area contributed by atoms with Crippen LogP contribution in [0.3, 0.4) is 0 Å². The highest BCUT2D eigenvalue weighted by Gasteiger charge is 2.08. The fraction of sp³-hybridized carbons (Fsp3) is 0.133. The van der Waals surface area contributed by atoms with Gasteiger partial charge in [0.1, 0.15) is 5.69 Å². The first-order valence-corrected chi connectivity index (χ1v) is 8.46. The van der Waals surface area contributed by atoms with Crippen molar-refractivity contribution in [2.45, 2.75) is 4.90 Å². The van der Waals surface area contributed by atoms with Crippen molar-refractivity contribution in [3.63, 3.8) is 0 Å². The molecule has 1 amide bonds. The Balaban J connectivity index is 1.50. The first kappa shape index (κ1) is 15.1. The van der Waals surface area contributed by atoms with E-state index in [1.807, 2.05) is 24.3 Å². The van der Waals surface area contributed by atoms with Crippen molar-refractivity contribution in [3.8, 4) is 0 Å². The monoisotopic (exact) mass is 376 g/mol. The van der Waals surface area contributed by atoms with Crippen LogP contribution < -0.4 is 5.32 Å². The van der Waals surface area contributed by atoms with Crippen molar-refractivity contribution >= 4 is 39.4 Å². The molecular formula is C15H13BrN4OS. The van der Waals surface area contributed by atoms with Gasteiger partial charge in [0.25, 0.3) is 5.91 Å². The lowest BCUT2D eigenvalue weighted by Crippen LogP contribution is -2.26. The molecule has 3 aromatic rings. The highest BCUT2D eigenvalue weighted by atomic mass is 79.9. The summed E-state index contributed by atoms with van der Waals surface area (Å²) in [6.07, 6.45) is 5.22. The van der Waals surface area contributed by atoms with E-state index in [9.17, 15) is 4.79 Å². The molecule has 0 fully saturated rings. The standard InChI is InChI=1S/C15H13BrN4OS/c16-11-1-3-12(4-2-11)22-10-7-17-14(21)13-5-8-20-9-6-18-15(20)19-13/h1-6,8-9H,7,10H2,(H,17,21). The largest absolute Gasteiger partial charge is 0.350 e. The lowest BCUT2D eigenvalue weighted by Gasteiger charge is -2.05. The molecule has 1 aromatic carbocycles. The van der Waals surface area contributed by atoms with E-state index >= 15 is 0 Å². The topological polar surface area (TPSA) is 59.3 Å². The molecule has 1 N–H and O–H groups in total. The van der Waals surface area contributed by atoms with Crippen LogP contribution in [0.5, 0.6) is 0 Å². The number of rotatable bonds is 5. The molecule has 0 bridgehead atoms. The number of nitrogens with one attached hydrogen (secondary N) is 1. The number of hydrogen-bond donors (Lipinski definition) is 1. The third-order valence-corrected chi connectivity index (χ3v) is 4.51. The maximum atomic E-state index is 12.0. The van der Waals surface area contributed by atoms with E-state index in [4.69, 9.17) is 0 Å². The molecule has 0 aliphatic rings. The zero-order valence-electron chi connectivity index (χ0n) is 11.6. The van der Waals surface area contributed by atoms with Gasteiger partial charge in [0.2, 0.25) is 5.78 Å². The molecule has 3 rings (SSSR count). The van der Waals surface area contributed by atoms with Crippen LogP contribution in [0.1, 0.15) is 10.5 Å². The molecule has 0 radical (unpaired) electrons. The van der Waals surface area contributed by atoms with Crippen molar-refractivity contribution in [3.05, 3.63) is 59.1 Å². The number of imidazole rings is 1. The average Bonchev–Trinajstić information content (AvgIpc) is 3.00. The summed E-state index contributed by atoms with van der Waals surface area (Å²) < 4.78 is 2.82. The van der Waals surface area contributed by atoms with Crippen LogP contribution in [0.2, 0.25) is 0 Å². The Labute approximate surface area is 140 Å². The second-order valence-electron chi connectivity index (χ2n) is 4.51. The lowest BCUT2D eigenvalue weighted by molar-refractivity contribution is 0.0951. The number of carbonyl (C=O) groups excluding carboxylic acids is 1. The molecule has 0 saturated heterocycles. The number of thioether (sulfide) groups is 1. The van der Waals surface area contributed by atoms with Gasteiger partial charge in [-0.3, -0.25) is 9.20 Å². The average molecular weight is 377 g/mol. The summed E-state index contributed by atoms with van der Waals surface area (Å²) in [6, 6.07) is 9.79. The van der Waals surface area contributed by atoms with E-state index in [0.29, 0.717) is 18.0 Å². The molecule has 0 saturated carbocycles. The molecule has 5 nitrogen and oxygen atoms in total. The molecule has 0 aliphatic carbocycles. The number of amides is 1.